The quantitative estimate of drug-likeness (QED) is 0.341. The molecule has 1 aromatic rings. The van der Waals surface area contributed by atoms with Crippen LogP contribution in [0.25, 0.3) is 0 Å². The van der Waals surface area contributed by atoms with Crippen molar-refractivity contribution in [3.8, 4) is 0 Å². The monoisotopic (exact) mass is 462 g/mol. The van der Waals surface area contributed by atoms with Gasteiger partial charge in [-0.15, -0.1) is 0 Å². The second-order valence-electron chi connectivity index (χ2n) is 8.34. The van der Waals surface area contributed by atoms with Crippen molar-refractivity contribution in [3.63, 3.8) is 0 Å². The van der Waals surface area contributed by atoms with Gasteiger partial charge in [-0.25, -0.2) is 4.79 Å². The van der Waals surface area contributed by atoms with Crippen LogP contribution >= 0.6 is 0 Å². The normalized spacial score (nSPS) is 15.1. The summed E-state index contributed by atoms with van der Waals surface area (Å²) in [5.74, 6) is -1.18. The summed E-state index contributed by atoms with van der Waals surface area (Å²) in [4.78, 5) is 52.4. The molecule has 0 spiro atoms. The molecule has 10 nitrogen and oxygen atoms in total. The van der Waals surface area contributed by atoms with Crippen LogP contribution in [0.1, 0.15) is 58.6 Å². The Morgan fingerprint density at radius 2 is 1.79 bits per heavy atom. The third-order valence-corrected chi connectivity index (χ3v) is 5.73. The molecular weight excluding hydrogens is 428 g/mol. The highest BCUT2D eigenvalue weighted by Gasteiger charge is 2.32. The number of carbonyl (C=O) groups excluding carboxylic acids is 3. The second-order valence-corrected chi connectivity index (χ2v) is 8.34. The van der Waals surface area contributed by atoms with Crippen molar-refractivity contribution in [3.05, 3.63) is 39.9 Å². The number of nitro benzene ring substituents is 1. The minimum atomic E-state index is -0.888. The molecule has 0 saturated carbocycles. The molecule has 1 aliphatic heterocycles. The molecule has 182 valence electrons. The summed E-state index contributed by atoms with van der Waals surface area (Å²) in [7, 11) is 0. The highest BCUT2D eigenvalue weighted by molar-refractivity contribution is 5.81. The predicted octanol–water partition coefficient (Wildman–Crippen LogP) is 3.27. The summed E-state index contributed by atoms with van der Waals surface area (Å²) in [6, 6.07) is 5.13. The first kappa shape index (κ1) is 26.1. The van der Waals surface area contributed by atoms with Gasteiger partial charge in [0.1, 0.15) is 0 Å². The Bertz CT molecular complexity index is 847. The lowest BCUT2D eigenvalue weighted by atomic mass is 9.94. The summed E-state index contributed by atoms with van der Waals surface area (Å²) in [5.41, 5.74) is 0.0884. The number of rotatable bonds is 9. The number of hydrogen-bond acceptors (Lipinski definition) is 6. The Kier molecular flexibility index (Phi) is 9.62. The van der Waals surface area contributed by atoms with Gasteiger partial charge in [0.25, 0.3) is 5.69 Å². The molecule has 33 heavy (non-hydrogen) atoms. The second kappa shape index (κ2) is 12.2. The van der Waals surface area contributed by atoms with E-state index < -0.39 is 16.9 Å². The van der Waals surface area contributed by atoms with Gasteiger partial charge < -0.3 is 19.9 Å². The Morgan fingerprint density at radius 3 is 2.33 bits per heavy atom. The van der Waals surface area contributed by atoms with Crippen molar-refractivity contribution in [2.45, 2.75) is 59.1 Å². The number of piperidine rings is 1. The number of nitro groups is 1. The zero-order valence-electron chi connectivity index (χ0n) is 19.8. The summed E-state index contributed by atoms with van der Waals surface area (Å²) in [6.07, 6.45) is 0.415. The Morgan fingerprint density at radius 1 is 1.18 bits per heavy atom. The topological polar surface area (TPSA) is 122 Å². The van der Waals surface area contributed by atoms with Crippen molar-refractivity contribution in [2.24, 2.45) is 5.92 Å². The van der Waals surface area contributed by atoms with Gasteiger partial charge in [0.15, 0.2) is 0 Å². The number of carbonyl (C=O) groups is 3. The lowest BCUT2D eigenvalue weighted by Gasteiger charge is -2.35. The Labute approximate surface area is 194 Å². The van der Waals surface area contributed by atoms with Crippen molar-refractivity contribution >= 4 is 23.6 Å². The first-order valence-electron chi connectivity index (χ1n) is 11.4. The van der Waals surface area contributed by atoms with E-state index in [4.69, 9.17) is 4.74 Å². The number of benzene rings is 1. The molecule has 1 aliphatic rings. The predicted molar refractivity (Wildman–Crippen MR) is 122 cm³/mol. The molecule has 2 rings (SSSR count). The molecule has 1 heterocycles. The first-order valence-corrected chi connectivity index (χ1v) is 11.4. The third kappa shape index (κ3) is 7.16. The molecule has 1 aromatic carbocycles. The van der Waals surface area contributed by atoms with Gasteiger partial charge in [-0.2, -0.15) is 0 Å². The standard InChI is InChI=1S/C23H34N4O6/c1-5-25(6-2)23(30)26-13-11-17(12-14-26)22(29)24-19(15-21(28)33-16(3)4)18-9-7-8-10-20(18)27(31)32/h7-10,16-17,19H,5-6,11-15H2,1-4H3,(H,24,29). The van der Waals surface area contributed by atoms with Crippen LogP contribution < -0.4 is 5.32 Å². The van der Waals surface area contributed by atoms with Crippen LogP contribution in [0.15, 0.2) is 24.3 Å². The van der Waals surface area contributed by atoms with Crippen molar-refractivity contribution in [1.82, 2.24) is 15.1 Å². The van der Waals surface area contributed by atoms with E-state index in [2.05, 4.69) is 5.32 Å². The SMILES string of the molecule is CCN(CC)C(=O)N1CCC(C(=O)NC(CC(=O)OC(C)C)c2ccccc2[N+](=O)[O-])CC1. The number of likely N-dealkylation sites (tertiary alicyclic amines) is 1. The fourth-order valence-corrected chi connectivity index (χ4v) is 3.98. The third-order valence-electron chi connectivity index (χ3n) is 5.73. The van der Waals surface area contributed by atoms with E-state index in [9.17, 15) is 24.5 Å². The molecule has 0 radical (unpaired) electrons. The Hall–Kier alpha value is -3.17. The van der Waals surface area contributed by atoms with Crippen LogP contribution in [0.3, 0.4) is 0 Å². The van der Waals surface area contributed by atoms with E-state index in [0.29, 0.717) is 39.0 Å². The molecule has 1 unspecified atom stereocenters. The maximum absolute atomic E-state index is 13.0. The van der Waals surface area contributed by atoms with Crippen LogP contribution in [0.5, 0.6) is 0 Å². The lowest BCUT2D eigenvalue weighted by molar-refractivity contribution is -0.385. The maximum Gasteiger partial charge on any atom is 0.319 e. The molecule has 1 N–H and O–H groups in total. The minimum Gasteiger partial charge on any atom is -0.463 e. The highest BCUT2D eigenvalue weighted by atomic mass is 16.6. The number of ether oxygens (including phenoxy) is 1. The molecule has 1 atom stereocenters. The number of nitrogens with one attached hydrogen (secondary N) is 1. The fourth-order valence-electron chi connectivity index (χ4n) is 3.98. The summed E-state index contributed by atoms with van der Waals surface area (Å²) < 4.78 is 5.20. The van der Waals surface area contributed by atoms with Crippen LogP contribution in [0, 0.1) is 16.0 Å². The zero-order chi connectivity index (χ0) is 24.5. The van der Waals surface area contributed by atoms with Crippen LogP contribution in [-0.2, 0) is 14.3 Å². The van der Waals surface area contributed by atoms with Gasteiger partial charge in [0, 0.05) is 38.2 Å². The lowest BCUT2D eigenvalue weighted by Crippen LogP contribution is -2.48. The molecular formula is C23H34N4O6. The number of urea groups is 1. The first-order chi connectivity index (χ1) is 15.7. The van der Waals surface area contributed by atoms with E-state index in [0.717, 1.165) is 0 Å². The van der Waals surface area contributed by atoms with Crippen LogP contribution in [-0.4, -0.2) is 64.9 Å². The van der Waals surface area contributed by atoms with Gasteiger partial charge >= 0.3 is 12.0 Å². The van der Waals surface area contributed by atoms with Crippen LogP contribution in [0.4, 0.5) is 10.5 Å². The van der Waals surface area contributed by atoms with Crippen molar-refractivity contribution < 1.29 is 24.0 Å². The van der Waals surface area contributed by atoms with Gasteiger partial charge in [-0.05, 0) is 40.5 Å². The number of hydrogen-bond donors (Lipinski definition) is 1. The highest BCUT2D eigenvalue weighted by Crippen LogP contribution is 2.29. The molecule has 0 aliphatic carbocycles. The smallest absolute Gasteiger partial charge is 0.319 e. The van der Waals surface area contributed by atoms with Crippen molar-refractivity contribution in [1.29, 1.82) is 0 Å². The number of para-hydroxylation sites is 1. The van der Waals surface area contributed by atoms with E-state index in [1.54, 1.807) is 29.7 Å². The summed E-state index contributed by atoms with van der Waals surface area (Å²) in [5, 5.41) is 14.4. The van der Waals surface area contributed by atoms with E-state index in [-0.39, 0.29) is 41.6 Å². The number of esters is 1. The van der Waals surface area contributed by atoms with Gasteiger partial charge in [-0.1, -0.05) is 18.2 Å². The fraction of sp³-hybridized carbons (Fsp3) is 0.609. The molecule has 1 fully saturated rings. The molecule has 0 aromatic heterocycles. The molecule has 10 heteroatoms. The average Bonchev–Trinajstić information content (AvgIpc) is 2.78. The maximum atomic E-state index is 13.0. The van der Waals surface area contributed by atoms with Gasteiger partial charge in [0.05, 0.1) is 29.1 Å². The minimum absolute atomic E-state index is 0.0342. The van der Waals surface area contributed by atoms with Crippen LogP contribution in [0.2, 0.25) is 0 Å². The Balaban J connectivity index is 2.12. The van der Waals surface area contributed by atoms with E-state index in [1.165, 1.54) is 18.2 Å². The average molecular weight is 463 g/mol. The summed E-state index contributed by atoms with van der Waals surface area (Å²) >= 11 is 0. The zero-order valence-corrected chi connectivity index (χ0v) is 19.8. The number of amides is 3. The van der Waals surface area contributed by atoms with Gasteiger partial charge in [-0.3, -0.25) is 19.7 Å². The molecule has 1 saturated heterocycles. The summed E-state index contributed by atoms with van der Waals surface area (Å²) in [6.45, 7) is 9.44. The van der Waals surface area contributed by atoms with E-state index in [1.807, 2.05) is 13.8 Å². The van der Waals surface area contributed by atoms with Crippen molar-refractivity contribution in [2.75, 3.05) is 26.2 Å². The number of nitrogens with zero attached hydrogens (tertiary/aromatic N) is 3. The van der Waals surface area contributed by atoms with Gasteiger partial charge in [0.2, 0.25) is 5.91 Å². The molecule has 0 bridgehead atoms. The van der Waals surface area contributed by atoms with E-state index >= 15 is 0 Å². The largest absolute Gasteiger partial charge is 0.463 e. The molecule has 3 amide bonds.